The highest BCUT2D eigenvalue weighted by Gasteiger charge is 2.38. The summed E-state index contributed by atoms with van der Waals surface area (Å²) in [6, 6.07) is 4.94. The van der Waals surface area contributed by atoms with E-state index in [1.165, 1.54) is 29.5 Å². The molecule has 8 nitrogen and oxygen atoms in total. The fraction of sp³-hybridized carbons (Fsp3) is 0.364. The Labute approximate surface area is 209 Å². The molecule has 3 aromatic rings. The van der Waals surface area contributed by atoms with Crippen molar-refractivity contribution in [2.45, 2.75) is 50.1 Å². The third kappa shape index (κ3) is 7.29. The van der Waals surface area contributed by atoms with Gasteiger partial charge in [0.2, 0.25) is 0 Å². The van der Waals surface area contributed by atoms with Crippen molar-refractivity contribution in [1.82, 2.24) is 9.97 Å². The van der Waals surface area contributed by atoms with Gasteiger partial charge in [-0.25, -0.2) is 14.8 Å². The SMILES string of the molecule is N[C@H]1CCCC[C@H]1Nc1cnc2scc(C(=O)Nc3ccccc3C(F)(F)F)c2n1.O=C(O)C(F)(F)F. The molecule has 4 rings (SSSR count). The molecule has 0 saturated heterocycles. The van der Waals surface area contributed by atoms with E-state index < -0.39 is 29.8 Å². The Morgan fingerprint density at radius 2 is 1.73 bits per heavy atom. The van der Waals surface area contributed by atoms with E-state index in [9.17, 15) is 31.1 Å². The number of nitrogens with zero attached hydrogens (tertiary/aromatic N) is 2. The number of carboxylic acid groups (broad SMARTS) is 1. The Balaban J connectivity index is 0.000000479. The van der Waals surface area contributed by atoms with Gasteiger partial charge >= 0.3 is 18.3 Å². The molecule has 15 heteroatoms. The molecule has 0 radical (unpaired) electrons. The molecule has 1 aliphatic rings. The average molecular weight is 549 g/mol. The molecule has 2 heterocycles. The quantitative estimate of drug-likeness (QED) is 0.326. The van der Waals surface area contributed by atoms with Crippen LogP contribution in [-0.2, 0) is 11.0 Å². The third-order valence-corrected chi connectivity index (χ3v) is 6.28. The average Bonchev–Trinajstić information content (AvgIpc) is 3.23. The first kappa shape index (κ1) is 28.1. The van der Waals surface area contributed by atoms with E-state index in [1.54, 1.807) is 11.6 Å². The molecule has 5 N–H and O–H groups in total. The van der Waals surface area contributed by atoms with Crippen LogP contribution in [-0.4, -0.2) is 45.2 Å². The first-order valence-electron chi connectivity index (χ1n) is 10.8. The van der Waals surface area contributed by atoms with Crippen molar-refractivity contribution in [1.29, 1.82) is 0 Å². The number of halogens is 6. The van der Waals surface area contributed by atoms with E-state index in [4.69, 9.17) is 15.6 Å². The number of thiophene rings is 1. The molecule has 1 aromatic carbocycles. The molecule has 0 unspecified atom stereocenters. The summed E-state index contributed by atoms with van der Waals surface area (Å²) in [6.07, 6.45) is -4.05. The van der Waals surface area contributed by atoms with Crippen LogP contribution >= 0.6 is 11.3 Å². The smallest absolute Gasteiger partial charge is 0.475 e. The number of carbonyl (C=O) groups is 2. The number of rotatable bonds is 4. The van der Waals surface area contributed by atoms with E-state index in [0.29, 0.717) is 16.2 Å². The summed E-state index contributed by atoms with van der Waals surface area (Å²) in [5.41, 5.74) is 5.48. The van der Waals surface area contributed by atoms with Crippen LogP contribution in [0.25, 0.3) is 10.3 Å². The second kappa shape index (κ2) is 11.3. The summed E-state index contributed by atoms with van der Waals surface area (Å²) in [7, 11) is 0. The van der Waals surface area contributed by atoms with Crippen LogP contribution in [0.15, 0.2) is 35.8 Å². The van der Waals surface area contributed by atoms with Crippen LogP contribution in [0.4, 0.5) is 37.8 Å². The van der Waals surface area contributed by atoms with Gasteiger partial charge in [0.05, 0.1) is 23.0 Å². The molecule has 0 bridgehead atoms. The number of carboxylic acids is 1. The predicted molar refractivity (Wildman–Crippen MR) is 124 cm³/mol. The first-order valence-corrected chi connectivity index (χ1v) is 11.7. The molecule has 0 spiro atoms. The topological polar surface area (TPSA) is 130 Å². The zero-order valence-corrected chi connectivity index (χ0v) is 19.7. The van der Waals surface area contributed by atoms with Crippen molar-refractivity contribution >= 4 is 45.1 Å². The normalized spacial score (nSPS) is 18.0. The lowest BCUT2D eigenvalue weighted by molar-refractivity contribution is -0.192. The van der Waals surface area contributed by atoms with Crippen molar-refractivity contribution < 1.29 is 41.0 Å². The van der Waals surface area contributed by atoms with Gasteiger partial charge in [0.1, 0.15) is 16.2 Å². The molecular formula is C22H21F6N5O3S. The zero-order valence-electron chi connectivity index (χ0n) is 18.9. The van der Waals surface area contributed by atoms with Crippen molar-refractivity contribution in [2.75, 3.05) is 10.6 Å². The van der Waals surface area contributed by atoms with Crippen molar-refractivity contribution in [3.63, 3.8) is 0 Å². The summed E-state index contributed by atoms with van der Waals surface area (Å²) in [6.45, 7) is 0. The van der Waals surface area contributed by atoms with Crippen molar-refractivity contribution in [2.24, 2.45) is 5.73 Å². The van der Waals surface area contributed by atoms with Crippen LogP contribution in [0.1, 0.15) is 41.6 Å². The van der Waals surface area contributed by atoms with Gasteiger partial charge in [0.25, 0.3) is 5.91 Å². The highest BCUT2D eigenvalue weighted by Crippen LogP contribution is 2.35. The van der Waals surface area contributed by atoms with Gasteiger partial charge in [-0.05, 0) is 25.0 Å². The Morgan fingerprint density at radius 1 is 1.08 bits per heavy atom. The minimum atomic E-state index is -5.08. The molecule has 200 valence electrons. The van der Waals surface area contributed by atoms with Crippen LogP contribution in [0, 0.1) is 0 Å². The minimum Gasteiger partial charge on any atom is -0.475 e. The monoisotopic (exact) mass is 549 g/mol. The number of nitrogens with two attached hydrogens (primary N) is 1. The van der Waals surface area contributed by atoms with Crippen LogP contribution < -0.4 is 16.4 Å². The van der Waals surface area contributed by atoms with E-state index in [1.807, 2.05) is 0 Å². The van der Waals surface area contributed by atoms with Gasteiger partial charge in [-0.15, -0.1) is 11.3 Å². The van der Waals surface area contributed by atoms with Crippen LogP contribution in [0.2, 0.25) is 0 Å². The largest absolute Gasteiger partial charge is 0.490 e. The van der Waals surface area contributed by atoms with E-state index in [2.05, 4.69) is 20.6 Å². The lowest BCUT2D eigenvalue weighted by Gasteiger charge is -2.29. The summed E-state index contributed by atoms with van der Waals surface area (Å²) in [5, 5.41) is 14.3. The van der Waals surface area contributed by atoms with Crippen LogP contribution in [0.3, 0.4) is 0 Å². The third-order valence-electron chi connectivity index (χ3n) is 5.40. The fourth-order valence-corrected chi connectivity index (χ4v) is 4.43. The van der Waals surface area contributed by atoms with E-state index >= 15 is 0 Å². The molecular weight excluding hydrogens is 528 g/mol. The Kier molecular flexibility index (Phi) is 8.58. The molecule has 1 fully saturated rings. The minimum absolute atomic E-state index is 0.0142. The highest BCUT2D eigenvalue weighted by atomic mass is 32.1. The van der Waals surface area contributed by atoms with Crippen LogP contribution in [0.5, 0.6) is 0 Å². The Morgan fingerprint density at radius 3 is 2.35 bits per heavy atom. The number of anilines is 2. The molecule has 2 atom stereocenters. The summed E-state index contributed by atoms with van der Waals surface area (Å²) in [5.74, 6) is -2.93. The number of hydrogen-bond donors (Lipinski definition) is 4. The Bertz CT molecular complexity index is 1260. The first-order chi connectivity index (χ1) is 17.3. The second-order valence-corrected chi connectivity index (χ2v) is 8.92. The maximum Gasteiger partial charge on any atom is 0.490 e. The van der Waals surface area contributed by atoms with E-state index in [0.717, 1.165) is 31.7 Å². The number of aromatic nitrogens is 2. The van der Waals surface area contributed by atoms with Gasteiger partial charge in [0.15, 0.2) is 0 Å². The number of alkyl halides is 6. The maximum atomic E-state index is 13.2. The standard InChI is InChI=1S/C20H20F3N5OS.C2HF3O2/c21-20(22,23)12-5-1-3-7-14(12)27-18(29)11-10-30-19-17(11)28-16(9-25-19)26-15-8-4-2-6-13(15)24;3-2(4,5)1(6)7/h1,3,5,7,9-10,13,15H,2,4,6,8,24H2,(H,26,28)(H,27,29);(H,6,7)/t13-,15+;/m0./s1. The highest BCUT2D eigenvalue weighted by molar-refractivity contribution is 7.17. The number of para-hydroxylation sites is 1. The maximum absolute atomic E-state index is 13.2. The number of aliphatic carboxylic acids is 1. The molecule has 0 aliphatic heterocycles. The van der Waals surface area contributed by atoms with Gasteiger partial charge in [-0.3, -0.25) is 4.79 Å². The predicted octanol–water partition coefficient (Wildman–Crippen LogP) is 5.28. The summed E-state index contributed by atoms with van der Waals surface area (Å²) >= 11 is 1.21. The van der Waals surface area contributed by atoms with Gasteiger partial charge < -0.3 is 21.5 Å². The molecule has 37 heavy (non-hydrogen) atoms. The lowest BCUT2D eigenvalue weighted by atomic mass is 9.91. The number of benzene rings is 1. The van der Waals surface area contributed by atoms with Gasteiger partial charge in [-0.1, -0.05) is 25.0 Å². The molecule has 1 aliphatic carbocycles. The second-order valence-electron chi connectivity index (χ2n) is 8.06. The number of carbonyl (C=O) groups excluding carboxylic acids is 1. The molecule has 1 saturated carbocycles. The Hall–Kier alpha value is -3.46. The summed E-state index contributed by atoms with van der Waals surface area (Å²) < 4.78 is 71.4. The fourth-order valence-electron chi connectivity index (χ4n) is 3.60. The number of amides is 1. The van der Waals surface area contributed by atoms with Gasteiger partial charge in [-0.2, -0.15) is 26.3 Å². The molecule has 2 aromatic heterocycles. The molecule has 1 amide bonds. The number of hydrogen-bond acceptors (Lipinski definition) is 7. The van der Waals surface area contributed by atoms with Gasteiger partial charge in [0, 0.05) is 17.5 Å². The number of nitrogens with one attached hydrogen (secondary N) is 2. The number of fused-ring (bicyclic) bond motifs is 1. The van der Waals surface area contributed by atoms with Crippen molar-refractivity contribution in [3.8, 4) is 0 Å². The zero-order chi connectivity index (χ0) is 27.4. The summed E-state index contributed by atoms with van der Waals surface area (Å²) in [4.78, 5) is 31.0. The van der Waals surface area contributed by atoms with Crippen molar-refractivity contribution in [3.05, 3.63) is 47.0 Å². The lowest BCUT2D eigenvalue weighted by Crippen LogP contribution is -2.42. The van der Waals surface area contributed by atoms with E-state index in [-0.39, 0.29) is 23.3 Å².